The number of hydrogen-bond acceptors (Lipinski definition) is 4. The molecule has 4 nitrogen and oxygen atoms in total. The molecule has 1 aromatic carbocycles. The maximum atomic E-state index is 11.5. The third kappa shape index (κ3) is 2.44. The Balaban J connectivity index is 1.59. The lowest BCUT2D eigenvalue weighted by Crippen LogP contribution is -2.42. The second-order valence-electron chi connectivity index (χ2n) is 6.27. The molecule has 0 radical (unpaired) electrons. The third-order valence-electron chi connectivity index (χ3n) is 4.61. The Kier molecular flexibility index (Phi) is 3.00. The number of aryl methyl sites for hydroxylation is 1. The Morgan fingerprint density at radius 2 is 1.95 bits per heavy atom. The minimum atomic E-state index is -0.272. The highest BCUT2D eigenvalue weighted by Crippen LogP contribution is 2.30. The van der Waals surface area contributed by atoms with Gasteiger partial charge >= 0.3 is 5.63 Å². The van der Waals surface area contributed by atoms with Crippen molar-refractivity contribution >= 4 is 11.0 Å². The van der Waals surface area contributed by atoms with Crippen molar-refractivity contribution in [3.63, 3.8) is 0 Å². The number of piperidine rings is 1. The summed E-state index contributed by atoms with van der Waals surface area (Å²) in [5.41, 5.74) is 0.967. The molecule has 0 aliphatic carbocycles. The van der Waals surface area contributed by atoms with Crippen molar-refractivity contribution in [1.29, 1.82) is 0 Å². The predicted molar refractivity (Wildman–Crippen MR) is 80.8 cm³/mol. The lowest BCUT2D eigenvalue weighted by molar-refractivity contribution is 0.137. The molecule has 2 fully saturated rings. The molecule has 0 saturated carbocycles. The standard InChI is InChI=1S/C17H19NO3/c1-10-6-11-7-14(4-5-16(11)21-17(10)19)20-15-8-12-2-3-13(9-15)18-12/h4-7,12-13,15,18H,2-3,8-9H2,1H3/t12-,13+,15?. The summed E-state index contributed by atoms with van der Waals surface area (Å²) in [7, 11) is 0. The van der Waals surface area contributed by atoms with E-state index in [1.165, 1.54) is 12.8 Å². The van der Waals surface area contributed by atoms with Crippen molar-refractivity contribution in [3.8, 4) is 5.75 Å². The molecule has 2 saturated heterocycles. The van der Waals surface area contributed by atoms with Crippen molar-refractivity contribution in [2.45, 2.75) is 50.8 Å². The summed E-state index contributed by atoms with van der Waals surface area (Å²) >= 11 is 0. The zero-order valence-electron chi connectivity index (χ0n) is 12.1. The van der Waals surface area contributed by atoms with E-state index >= 15 is 0 Å². The number of ether oxygens (including phenoxy) is 1. The Morgan fingerprint density at radius 1 is 1.19 bits per heavy atom. The van der Waals surface area contributed by atoms with E-state index < -0.39 is 0 Å². The lowest BCUT2D eigenvalue weighted by atomic mass is 10.0. The fourth-order valence-corrected chi connectivity index (χ4v) is 3.57. The quantitative estimate of drug-likeness (QED) is 0.862. The first kappa shape index (κ1) is 12.9. The fraction of sp³-hybridized carbons (Fsp3) is 0.471. The van der Waals surface area contributed by atoms with Crippen molar-refractivity contribution in [2.24, 2.45) is 0 Å². The molecule has 2 aliphatic heterocycles. The first-order valence-electron chi connectivity index (χ1n) is 7.64. The number of benzene rings is 1. The van der Waals surface area contributed by atoms with E-state index in [4.69, 9.17) is 9.15 Å². The largest absolute Gasteiger partial charge is 0.490 e. The van der Waals surface area contributed by atoms with Gasteiger partial charge in [-0.2, -0.15) is 0 Å². The van der Waals surface area contributed by atoms with Crippen LogP contribution < -0.4 is 15.7 Å². The van der Waals surface area contributed by atoms with E-state index in [2.05, 4.69) is 5.32 Å². The van der Waals surface area contributed by atoms with Gasteiger partial charge in [-0.1, -0.05) is 0 Å². The summed E-state index contributed by atoms with van der Waals surface area (Å²) in [5.74, 6) is 0.863. The summed E-state index contributed by atoms with van der Waals surface area (Å²) in [5, 5.41) is 4.54. The minimum Gasteiger partial charge on any atom is -0.490 e. The van der Waals surface area contributed by atoms with Crippen molar-refractivity contribution in [2.75, 3.05) is 0 Å². The number of rotatable bonds is 2. The number of hydrogen-bond donors (Lipinski definition) is 1. The zero-order chi connectivity index (χ0) is 14.4. The molecular weight excluding hydrogens is 266 g/mol. The van der Waals surface area contributed by atoms with Crippen LogP contribution in [0.15, 0.2) is 33.5 Å². The van der Waals surface area contributed by atoms with Crippen LogP contribution in [0.1, 0.15) is 31.2 Å². The molecule has 1 unspecified atom stereocenters. The van der Waals surface area contributed by atoms with Crippen molar-refractivity contribution in [1.82, 2.24) is 5.32 Å². The van der Waals surface area contributed by atoms with Crippen LogP contribution in [-0.4, -0.2) is 18.2 Å². The number of nitrogens with one attached hydrogen (secondary N) is 1. The molecule has 1 N–H and O–H groups in total. The maximum Gasteiger partial charge on any atom is 0.339 e. The van der Waals surface area contributed by atoms with Gasteiger partial charge in [-0.15, -0.1) is 0 Å². The smallest absolute Gasteiger partial charge is 0.339 e. The molecule has 0 spiro atoms. The van der Waals surface area contributed by atoms with E-state index in [9.17, 15) is 4.79 Å². The van der Waals surface area contributed by atoms with E-state index in [-0.39, 0.29) is 11.7 Å². The van der Waals surface area contributed by atoms with Crippen LogP contribution in [0.2, 0.25) is 0 Å². The molecule has 4 rings (SSSR count). The minimum absolute atomic E-state index is 0.272. The van der Waals surface area contributed by atoms with Gasteiger partial charge in [-0.05, 0) is 56.9 Å². The molecule has 3 atom stereocenters. The summed E-state index contributed by atoms with van der Waals surface area (Å²) in [6.07, 6.45) is 4.99. The number of fused-ring (bicyclic) bond motifs is 3. The molecule has 2 aromatic rings. The first-order chi connectivity index (χ1) is 10.2. The van der Waals surface area contributed by atoms with Crippen LogP contribution in [0.4, 0.5) is 0 Å². The van der Waals surface area contributed by atoms with Gasteiger partial charge in [0.25, 0.3) is 0 Å². The molecule has 21 heavy (non-hydrogen) atoms. The highest BCUT2D eigenvalue weighted by atomic mass is 16.5. The Labute approximate surface area is 123 Å². The van der Waals surface area contributed by atoms with Gasteiger partial charge in [-0.25, -0.2) is 4.79 Å². The van der Waals surface area contributed by atoms with Crippen LogP contribution in [-0.2, 0) is 0 Å². The normalized spacial score (nSPS) is 28.0. The van der Waals surface area contributed by atoms with Gasteiger partial charge < -0.3 is 14.5 Å². The highest BCUT2D eigenvalue weighted by Gasteiger charge is 2.34. The van der Waals surface area contributed by atoms with Gasteiger partial charge in [-0.3, -0.25) is 0 Å². The fourth-order valence-electron chi connectivity index (χ4n) is 3.57. The summed E-state index contributed by atoms with van der Waals surface area (Å²) in [4.78, 5) is 11.5. The topological polar surface area (TPSA) is 51.5 Å². The Morgan fingerprint density at radius 3 is 2.71 bits per heavy atom. The first-order valence-corrected chi connectivity index (χ1v) is 7.64. The van der Waals surface area contributed by atoms with Gasteiger partial charge in [0.15, 0.2) is 0 Å². The average Bonchev–Trinajstić information content (AvgIpc) is 2.80. The van der Waals surface area contributed by atoms with Crippen LogP contribution in [0.5, 0.6) is 5.75 Å². The van der Waals surface area contributed by atoms with Crippen LogP contribution in [0, 0.1) is 6.92 Å². The molecule has 2 aliphatic rings. The summed E-state index contributed by atoms with van der Waals surface area (Å²) < 4.78 is 11.4. The van der Waals surface area contributed by atoms with Gasteiger partial charge in [0.1, 0.15) is 17.4 Å². The summed E-state index contributed by atoms with van der Waals surface area (Å²) in [6.45, 7) is 1.77. The molecule has 110 valence electrons. The van der Waals surface area contributed by atoms with Crippen LogP contribution in [0.25, 0.3) is 11.0 Å². The van der Waals surface area contributed by atoms with Gasteiger partial charge in [0.2, 0.25) is 0 Å². The molecular formula is C17H19NO3. The Hall–Kier alpha value is -1.81. The van der Waals surface area contributed by atoms with Crippen molar-refractivity contribution in [3.05, 3.63) is 40.2 Å². The molecule has 1 aromatic heterocycles. The second kappa shape index (κ2) is 4.88. The predicted octanol–water partition coefficient (Wildman–Crippen LogP) is 2.76. The van der Waals surface area contributed by atoms with E-state index in [0.29, 0.717) is 23.2 Å². The summed E-state index contributed by atoms with van der Waals surface area (Å²) in [6, 6.07) is 8.78. The SMILES string of the molecule is Cc1cc2cc(OC3C[C@H]4CC[C@@H](C3)N4)ccc2oc1=O. The van der Waals surface area contributed by atoms with Gasteiger partial charge in [0, 0.05) is 23.0 Å². The average molecular weight is 285 g/mol. The highest BCUT2D eigenvalue weighted by molar-refractivity contribution is 5.78. The van der Waals surface area contributed by atoms with Crippen LogP contribution in [0.3, 0.4) is 0 Å². The van der Waals surface area contributed by atoms with E-state index in [1.807, 2.05) is 24.3 Å². The lowest BCUT2D eigenvalue weighted by Gasteiger charge is -2.29. The molecule has 3 heterocycles. The molecule has 4 heteroatoms. The van der Waals surface area contributed by atoms with Gasteiger partial charge in [0.05, 0.1) is 0 Å². The second-order valence-corrected chi connectivity index (χ2v) is 6.27. The van der Waals surface area contributed by atoms with Crippen molar-refractivity contribution < 1.29 is 9.15 Å². The third-order valence-corrected chi connectivity index (χ3v) is 4.61. The van der Waals surface area contributed by atoms with E-state index in [0.717, 1.165) is 24.0 Å². The zero-order valence-corrected chi connectivity index (χ0v) is 12.1. The van der Waals surface area contributed by atoms with E-state index in [1.54, 1.807) is 6.92 Å². The maximum absolute atomic E-state index is 11.5. The molecule has 2 bridgehead atoms. The Bertz CT molecular complexity index is 724. The van der Waals surface area contributed by atoms with Crippen LogP contribution >= 0.6 is 0 Å². The molecule has 0 amide bonds. The monoisotopic (exact) mass is 285 g/mol.